The Hall–Kier alpha value is -2.54. The van der Waals surface area contributed by atoms with Crippen molar-refractivity contribution in [2.24, 2.45) is 0 Å². The second kappa shape index (κ2) is 11.5. The normalized spacial score (nSPS) is 15.1. The van der Waals surface area contributed by atoms with E-state index in [-0.39, 0.29) is 5.92 Å². The van der Waals surface area contributed by atoms with Crippen LogP contribution in [0.1, 0.15) is 111 Å². The van der Waals surface area contributed by atoms with Crippen LogP contribution in [0.4, 0.5) is 0 Å². The highest BCUT2D eigenvalue weighted by molar-refractivity contribution is 5.47. The van der Waals surface area contributed by atoms with Gasteiger partial charge in [-0.05, 0) is 70.4 Å². The van der Waals surface area contributed by atoms with Crippen molar-refractivity contribution in [1.82, 2.24) is 0 Å². The summed E-state index contributed by atoms with van der Waals surface area (Å²) in [6, 6.07) is 23.8. The highest BCUT2D eigenvalue weighted by Gasteiger charge is 2.28. The number of hydrogen-bond acceptors (Lipinski definition) is 1. The van der Waals surface area contributed by atoms with Crippen LogP contribution >= 0.6 is 0 Å². The SMILES string of the molecule is CCCc1ccccc1C(C)C(C)c1cccc(O)c1C(C)C(C)c1ccccc1CCC. The molecule has 0 amide bonds. The average molecular weight is 443 g/mol. The van der Waals surface area contributed by atoms with Crippen LogP contribution in [0.5, 0.6) is 5.75 Å². The summed E-state index contributed by atoms with van der Waals surface area (Å²) in [7, 11) is 0. The first kappa shape index (κ1) is 25.1. The first-order valence-corrected chi connectivity index (χ1v) is 12.9. The Morgan fingerprint density at radius 2 is 0.970 bits per heavy atom. The van der Waals surface area contributed by atoms with Crippen LogP contribution in [0.25, 0.3) is 0 Å². The molecule has 1 N–H and O–H groups in total. The minimum absolute atomic E-state index is 0.222. The zero-order valence-corrected chi connectivity index (χ0v) is 21.4. The Bertz CT molecular complexity index is 1030. The van der Waals surface area contributed by atoms with Gasteiger partial charge in [-0.15, -0.1) is 0 Å². The Morgan fingerprint density at radius 3 is 1.48 bits per heavy atom. The monoisotopic (exact) mass is 442 g/mol. The highest BCUT2D eigenvalue weighted by Crippen LogP contribution is 2.45. The van der Waals surface area contributed by atoms with Crippen molar-refractivity contribution >= 4 is 0 Å². The first-order valence-electron chi connectivity index (χ1n) is 12.9. The number of aryl methyl sites for hydroxylation is 2. The lowest BCUT2D eigenvalue weighted by Gasteiger charge is -2.30. The zero-order valence-electron chi connectivity index (χ0n) is 21.4. The molecular weight excluding hydrogens is 400 g/mol. The summed E-state index contributed by atoms with van der Waals surface area (Å²) in [5.74, 6) is 1.67. The number of hydrogen-bond donors (Lipinski definition) is 1. The number of aromatic hydroxyl groups is 1. The molecule has 3 rings (SSSR count). The van der Waals surface area contributed by atoms with E-state index in [1.165, 1.54) is 27.8 Å². The van der Waals surface area contributed by atoms with Gasteiger partial charge in [-0.25, -0.2) is 0 Å². The lowest BCUT2D eigenvalue weighted by Crippen LogP contribution is -2.14. The van der Waals surface area contributed by atoms with E-state index in [9.17, 15) is 5.11 Å². The zero-order chi connectivity index (χ0) is 24.0. The van der Waals surface area contributed by atoms with Gasteiger partial charge in [0.2, 0.25) is 0 Å². The van der Waals surface area contributed by atoms with E-state index >= 15 is 0 Å². The van der Waals surface area contributed by atoms with E-state index in [0.29, 0.717) is 23.5 Å². The van der Waals surface area contributed by atoms with E-state index in [1.54, 1.807) is 0 Å². The van der Waals surface area contributed by atoms with E-state index in [2.05, 4.69) is 96.1 Å². The van der Waals surface area contributed by atoms with E-state index in [0.717, 1.165) is 31.2 Å². The maximum absolute atomic E-state index is 11.1. The molecule has 0 saturated heterocycles. The molecule has 176 valence electrons. The van der Waals surface area contributed by atoms with E-state index in [4.69, 9.17) is 0 Å². The van der Waals surface area contributed by atoms with Crippen molar-refractivity contribution in [2.75, 3.05) is 0 Å². The Morgan fingerprint density at radius 1 is 0.545 bits per heavy atom. The van der Waals surface area contributed by atoms with Gasteiger partial charge >= 0.3 is 0 Å². The maximum Gasteiger partial charge on any atom is 0.119 e. The molecule has 0 saturated carbocycles. The van der Waals surface area contributed by atoms with Crippen LogP contribution in [0.15, 0.2) is 66.7 Å². The lowest BCUT2D eigenvalue weighted by atomic mass is 9.74. The molecule has 0 fully saturated rings. The Balaban J connectivity index is 1.99. The van der Waals surface area contributed by atoms with Gasteiger partial charge in [0.25, 0.3) is 0 Å². The molecule has 4 atom stereocenters. The van der Waals surface area contributed by atoms with Crippen molar-refractivity contribution < 1.29 is 5.11 Å². The summed E-state index contributed by atoms with van der Waals surface area (Å²) in [6.45, 7) is 13.8. The van der Waals surface area contributed by atoms with Crippen molar-refractivity contribution in [2.45, 2.75) is 90.9 Å². The lowest BCUT2D eigenvalue weighted by molar-refractivity contribution is 0.451. The van der Waals surface area contributed by atoms with Crippen molar-refractivity contribution in [3.63, 3.8) is 0 Å². The molecule has 3 aromatic carbocycles. The fourth-order valence-electron chi connectivity index (χ4n) is 5.47. The smallest absolute Gasteiger partial charge is 0.119 e. The molecule has 0 aliphatic carbocycles. The summed E-state index contributed by atoms with van der Waals surface area (Å²) in [5.41, 5.74) is 8.14. The third-order valence-electron chi connectivity index (χ3n) is 7.69. The predicted octanol–water partition coefficient (Wildman–Crippen LogP) is 9.11. The molecule has 0 radical (unpaired) electrons. The third-order valence-corrected chi connectivity index (χ3v) is 7.69. The van der Waals surface area contributed by atoms with Crippen molar-refractivity contribution in [3.8, 4) is 5.75 Å². The second-order valence-corrected chi connectivity index (χ2v) is 9.83. The van der Waals surface area contributed by atoms with Crippen molar-refractivity contribution in [3.05, 3.63) is 100 Å². The van der Waals surface area contributed by atoms with Gasteiger partial charge in [0, 0.05) is 5.56 Å². The molecule has 0 aliphatic heterocycles. The van der Waals surface area contributed by atoms with E-state index in [1.807, 2.05) is 12.1 Å². The van der Waals surface area contributed by atoms with Crippen LogP contribution in [0.3, 0.4) is 0 Å². The highest BCUT2D eigenvalue weighted by atomic mass is 16.3. The maximum atomic E-state index is 11.1. The average Bonchev–Trinajstić information content (AvgIpc) is 2.83. The van der Waals surface area contributed by atoms with Gasteiger partial charge in [0.05, 0.1) is 0 Å². The largest absolute Gasteiger partial charge is 0.508 e. The van der Waals surface area contributed by atoms with Crippen LogP contribution in [-0.2, 0) is 12.8 Å². The van der Waals surface area contributed by atoms with Crippen LogP contribution in [0, 0.1) is 0 Å². The fourth-order valence-corrected chi connectivity index (χ4v) is 5.47. The second-order valence-electron chi connectivity index (χ2n) is 9.83. The molecular formula is C32H42O. The number of phenolic OH excluding ortho intramolecular Hbond substituents is 1. The molecule has 0 heterocycles. The molecule has 1 heteroatoms. The fraction of sp³-hybridized carbons (Fsp3) is 0.438. The summed E-state index contributed by atoms with van der Waals surface area (Å²) in [4.78, 5) is 0. The molecule has 4 unspecified atom stereocenters. The molecule has 0 aliphatic rings. The Labute approximate surface area is 201 Å². The van der Waals surface area contributed by atoms with Gasteiger partial charge in [0.1, 0.15) is 5.75 Å². The Kier molecular flexibility index (Phi) is 8.78. The van der Waals surface area contributed by atoms with Crippen LogP contribution in [0.2, 0.25) is 0 Å². The molecule has 1 nitrogen and oxygen atoms in total. The summed E-state index contributed by atoms with van der Waals surface area (Å²) in [5, 5.41) is 11.1. The van der Waals surface area contributed by atoms with Gasteiger partial charge in [-0.2, -0.15) is 0 Å². The third kappa shape index (κ3) is 5.52. The molecule has 0 bridgehead atoms. The molecule has 0 aromatic heterocycles. The predicted molar refractivity (Wildman–Crippen MR) is 143 cm³/mol. The van der Waals surface area contributed by atoms with E-state index < -0.39 is 0 Å². The van der Waals surface area contributed by atoms with Gasteiger partial charge < -0.3 is 5.11 Å². The van der Waals surface area contributed by atoms with Crippen LogP contribution < -0.4 is 0 Å². The minimum Gasteiger partial charge on any atom is -0.508 e. The van der Waals surface area contributed by atoms with Crippen molar-refractivity contribution in [1.29, 1.82) is 0 Å². The number of benzene rings is 3. The van der Waals surface area contributed by atoms with Crippen LogP contribution in [-0.4, -0.2) is 5.11 Å². The topological polar surface area (TPSA) is 20.2 Å². The molecule has 0 spiro atoms. The summed E-state index contributed by atoms with van der Waals surface area (Å²) < 4.78 is 0. The summed E-state index contributed by atoms with van der Waals surface area (Å²) >= 11 is 0. The number of phenols is 1. The first-order chi connectivity index (χ1) is 15.9. The minimum atomic E-state index is 0.222. The van der Waals surface area contributed by atoms with Gasteiger partial charge in [-0.3, -0.25) is 0 Å². The number of rotatable bonds is 10. The molecule has 33 heavy (non-hydrogen) atoms. The summed E-state index contributed by atoms with van der Waals surface area (Å²) in [6.07, 6.45) is 4.51. The standard InChI is InChI=1S/C32H42O/c1-7-14-26-16-9-11-18-28(26)22(3)23(4)30-20-13-21-31(33)32(30)25(6)24(5)29-19-12-10-17-27(29)15-8-2/h9-13,16-25,33H,7-8,14-15H2,1-6H3. The molecule has 3 aromatic rings. The van der Waals surface area contributed by atoms with Gasteiger partial charge in [-0.1, -0.05) is 115 Å². The van der Waals surface area contributed by atoms with Gasteiger partial charge in [0.15, 0.2) is 0 Å². The quantitative estimate of drug-likeness (QED) is 0.332.